The molecule has 2 heterocycles. The Bertz CT molecular complexity index is 455. The maximum absolute atomic E-state index is 6.43. The van der Waals surface area contributed by atoms with Crippen LogP contribution >= 0.6 is 22.9 Å². The van der Waals surface area contributed by atoms with Crippen molar-refractivity contribution in [2.75, 3.05) is 0 Å². The van der Waals surface area contributed by atoms with Crippen molar-refractivity contribution in [2.45, 2.75) is 17.9 Å². The first kappa shape index (κ1) is 10.2. The Kier molecular flexibility index (Phi) is 2.62. The van der Waals surface area contributed by atoms with E-state index in [0.717, 1.165) is 12.2 Å². The maximum atomic E-state index is 6.43. The molecular weight excluding hydrogens is 240 g/mol. The summed E-state index contributed by atoms with van der Waals surface area (Å²) < 4.78 is 5.87. The van der Waals surface area contributed by atoms with Crippen LogP contribution in [0.5, 0.6) is 5.75 Å². The topological polar surface area (TPSA) is 9.23 Å². The van der Waals surface area contributed by atoms with E-state index in [0.29, 0.717) is 0 Å². The minimum absolute atomic E-state index is 0.0487. The predicted molar refractivity (Wildman–Crippen MR) is 67.5 cm³/mol. The van der Waals surface area contributed by atoms with Crippen LogP contribution in [0.4, 0.5) is 0 Å². The molecule has 0 N–H and O–H groups in total. The molecule has 1 aromatic carbocycles. The molecule has 2 atom stereocenters. The number of rotatable bonds is 2. The minimum Gasteiger partial charge on any atom is -0.488 e. The zero-order valence-corrected chi connectivity index (χ0v) is 10.2. The summed E-state index contributed by atoms with van der Waals surface area (Å²) in [4.78, 5) is 1.18. The van der Waals surface area contributed by atoms with Crippen LogP contribution in [-0.4, -0.2) is 6.10 Å². The van der Waals surface area contributed by atoms with Crippen LogP contribution in [0.2, 0.25) is 0 Å². The number of ether oxygens (including phenoxy) is 1. The molecule has 1 nitrogen and oxygen atoms in total. The van der Waals surface area contributed by atoms with E-state index in [2.05, 4.69) is 12.1 Å². The monoisotopic (exact) mass is 250 g/mol. The molecule has 3 rings (SSSR count). The highest BCUT2D eigenvalue weighted by atomic mass is 35.5. The van der Waals surface area contributed by atoms with Crippen molar-refractivity contribution < 1.29 is 4.74 Å². The smallest absolute Gasteiger partial charge is 0.124 e. The van der Waals surface area contributed by atoms with Crippen molar-refractivity contribution in [2.24, 2.45) is 0 Å². The summed E-state index contributed by atoms with van der Waals surface area (Å²) in [6.07, 6.45) is 0.972. The van der Waals surface area contributed by atoms with Gasteiger partial charge in [-0.1, -0.05) is 24.3 Å². The van der Waals surface area contributed by atoms with E-state index in [1.165, 1.54) is 10.4 Å². The first-order valence-electron chi connectivity index (χ1n) is 5.26. The van der Waals surface area contributed by atoms with Gasteiger partial charge in [0.05, 0.1) is 0 Å². The van der Waals surface area contributed by atoms with Gasteiger partial charge in [-0.3, -0.25) is 0 Å². The second-order valence-electron chi connectivity index (χ2n) is 3.89. The lowest BCUT2D eigenvalue weighted by Crippen LogP contribution is -2.18. The molecule has 1 aliphatic rings. The molecule has 0 amide bonds. The standard InChI is InChI=1S/C13H11ClOS/c14-13(12-6-3-7-16-12)11-8-9-4-1-2-5-10(9)15-11/h1-7,11,13H,8H2. The van der Waals surface area contributed by atoms with E-state index in [1.807, 2.05) is 29.6 Å². The van der Waals surface area contributed by atoms with Gasteiger partial charge in [0.25, 0.3) is 0 Å². The van der Waals surface area contributed by atoms with Gasteiger partial charge in [0.15, 0.2) is 0 Å². The summed E-state index contributed by atoms with van der Waals surface area (Å²) in [5.41, 5.74) is 1.26. The molecule has 0 saturated heterocycles. The Morgan fingerprint density at radius 3 is 2.88 bits per heavy atom. The van der Waals surface area contributed by atoms with Crippen LogP contribution in [0.25, 0.3) is 0 Å². The quantitative estimate of drug-likeness (QED) is 0.732. The highest BCUT2D eigenvalue weighted by Gasteiger charge is 2.30. The molecule has 1 aromatic heterocycles. The van der Waals surface area contributed by atoms with Gasteiger partial charge >= 0.3 is 0 Å². The highest BCUT2D eigenvalue weighted by molar-refractivity contribution is 7.10. The summed E-state index contributed by atoms with van der Waals surface area (Å²) in [5.74, 6) is 0.981. The summed E-state index contributed by atoms with van der Waals surface area (Å²) >= 11 is 8.11. The van der Waals surface area contributed by atoms with E-state index in [-0.39, 0.29) is 11.5 Å². The molecular formula is C13H11ClOS. The first-order valence-corrected chi connectivity index (χ1v) is 6.58. The molecule has 0 fully saturated rings. The van der Waals surface area contributed by atoms with Crippen molar-refractivity contribution in [3.8, 4) is 5.75 Å². The van der Waals surface area contributed by atoms with E-state index in [4.69, 9.17) is 16.3 Å². The SMILES string of the molecule is ClC(c1cccs1)C1Cc2ccccc2O1. The Morgan fingerprint density at radius 2 is 2.12 bits per heavy atom. The van der Waals surface area contributed by atoms with Crippen LogP contribution in [0.1, 0.15) is 15.8 Å². The number of fused-ring (bicyclic) bond motifs is 1. The van der Waals surface area contributed by atoms with Crippen LogP contribution in [0.15, 0.2) is 41.8 Å². The van der Waals surface area contributed by atoms with E-state index in [9.17, 15) is 0 Å². The Morgan fingerprint density at radius 1 is 1.25 bits per heavy atom. The fourth-order valence-corrected chi connectivity index (χ4v) is 3.12. The van der Waals surface area contributed by atoms with Crippen LogP contribution in [0.3, 0.4) is 0 Å². The lowest BCUT2D eigenvalue weighted by atomic mass is 10.1. The number of hydrogen-bond donors (Lipinski definition) is 0. The van der Waals surface area contributed by atoms with Gasteiger partial charge in [0.2, 0.25) is 0 Å². The van der Waals surface area contributed by atoms with Gasteiger partial charge in [-0.15, -0.1) is 22.9 Å². The van der Waals surface area contributed by atoms with Gasteiger partial charge in [-0.25, -0.2) is 0 Å². The molecule has 0 aliphatic carbocycles. The molecule has 2 aromatic rings. The summed E-state index contributed by atoms with van der Waals surface area (Å²) in [6.45, 7) is 0. The molecule has 16 heavy (non-hydrogen) atoms. The molecule has 1 aliphatic heterocycles. The van der Waals surface area contributed by atoms with Crippen molar-refractivity contribution >= 4 is 22.9 Å². The average molecular weight is 251 g/mol. The van der Waals surface area contributed by atoms with Crippen molar-refractivity contribution in [3.63, 3.8) is 0 Å². The predicted octanol–water partition coefficient (Wildman–Crippen LogP) is 4.03. The Labute approximate surface area is 104 Å². The zero-order valence-electron chi connectivity index (χ0n) is 8.60. The molecule has 0 radical (unpaired) electrons. The highest BCUT2D eigenvalue weighted by Crippen LogP contribution is 2.38. The zero-order chi connectivity index (χ0) is 11.0. The maximum Gasteiger partial charge on any atom is 0.124 e. The van der Waals surface area contributed by atoms with Crippen LogP contribution in [-0.2, 0) is 6.42 Å². The largest absolute Gasteiger partial charge is 0.488 e. The average Bonchev–Trinajstić information content (AvgIpc) is 2.97. The summed E-state index contributed by atoms with van der Waals surface area (Å²) in [7, 11) is 0. The fourth-order valence-electron chi connectivity index (χ4n) is 2.00. The van der Waals surface area contributed by atoms with E-state index >= 15 is 0 Å². The van der Waals surface area contributed by atoms with E-state index < -0.39 is 0 Å². The number of benzene rings is 1. The third kappa shape index (κ3) is 1.72. The number of thiophene rings is 1. The number of para-hydroxylation sites is 1. The lowest BCUT2D eigenvalue weighted by Gasteiger charge is -2.15. The van der Waals surface area contributed by atoms with Gasteiger partial charge < -0.3 is 4.74 Å². The third-order valence-corrected chi connectivity index (χ3v) is 4.41. The van der Waals surface area contributed by atoms with E-state index in [1.54, 1.807) is 11.3 Å². The molecule has 82 valence electrons. The minimum atomic E-state index is -0.0487. The van der Waals surface area contributed by atoms with Gasteiger partial charge in [0, 0.05) is 11.3 Å². The number of halogens is 1. The second kappa shape index (κ2) is 4.11. The number of alkyl halides is 1. The van der Waals surface area contributed by atoms with Crippen molar-refractivity contribution in [1.82, 2.24) is 0 Å². The van der Waals surface area contributed by atoms with Crippen LogP contribution < -0.4 is 4.74 Å². The normalized spacial score (nSPS) is 20.2. The number of hydrogen-bond acceptors (Lipinski definition) is 2. The molecule has 0 spiro atoms. The molecule has 2 unspecified atom stereocenters. The third-order valence-electron chi connectivity index (χ3n) is 2.81. The van der Waals surface area contributed by atoms with Gasteiger partial charge in [0.1, 0.15) is 17.2 Å². The molecule has 0 saturated carbocycles. The molecule has 3 heteroatoms. The second-order valence-corrected chi connectivity index (χ2v) is 5.33. The fraction of sp³-hybridized carbons (Fsp3) is 0.231. The Hall–Kier alpha value is -0.990. The van der Waals surface area contributed by atoms with Crippen LogP contribution in [0, 0.1) is 0 Å². The van der Waals surface area contributed by atoms with Gasteiger partial charge in [-0.05, 0) is 23.1 Å². The summed E-state index contributed by atoms with van der Waals surface area (Å²) in [6, 6.07) is 12.2. The van der Waals surface area contributed by atoms with Crippen molar-refractivity contribution in [1.29, 1.82) is 0 Å². The Balaban J connectivity index is 1.81. The summed E-state index contributed by atoms with van der Waals surface area (Å²) in [5, 5.41) is 2.00. The molecule has 0 bridgehead atoms. The van der Waals surface area contributed by atoms with Gasteiger partial charge in [-0.2, -0.15) is 0 Å². The van der Waals surface area contributed by atoms with Crippen molar-refractivity contribution in [3.05, 3.63) is 52.2 Å². The lowest BCUT2D eigenvalue weighted by molar-refractivity contribution is 0.228. The first-order chi connectivity index (χ1) is 7.84.